The summed E-state index contributed by atoms with van der Waals surface area (Å²) in [5, 5.41) is 15.6. The minimum absolute atomic E-state index is 0.148. The van der Waals surface area contributed by atoms with Gasteiger partial charge < -0.3 is 5.32 Å². The first kappa shape index (κ1) is 17.0. The van der Waals surface area contributed by atoms with Gasteiger partial charge in [-0.25, -0.2) is 4.98 Å². The van der Waals surface area contributed by atoms with Crippen LogP contribution in [-0.4, -0.2) is 21.1 Å². The molecule has 0 spiro atoms. The molecule has 0 aliphatic carbocycles. The molecule has 2 aromatic heterocycles. The molecule has 3 aromatic rings. The molecule has 0 fully saturated rings. The standard InChI is InChI=1S/C16H15ClN4OS2/c1-2-5-14-20-21-16(24-14)19-13(22)8-10-9-23-15(18-10)11-6-3-4-7-12(11)17/h3-4,6-7,9H,2,5,8H2,1H3,(H,19,21,22). The minimum atomic E-state index is -0.148. The monoisotopic (exact) mass is 378 g/mol. The molecule has 124 valence electrons. The molecule has 3 rings (SSSR count). The predicted octanol–water partition coefficient (Wildman–Crippen LogP) is 4.45. The van der Waals surface area contributed by atoms with Gasteiger partial charge in [0.1, 0.15) is 10.0 Å². The molecule has 0 bridgehead atoms. The smallest absolute Gasteiger partial charge is 0.232 e. The molecule has 2 heterocycles. The zero-order valence-corrected chi connectivity index (χ0v) is 15.3. The molecule has 5 nitrogen and oxygen atoms in total. The normalized spacial score (nSPS) is 10.8. The Hall–Kier alpha value is -1.83. The number of aryl methyl sites for hydroxylation is 1. The molecule has 0 aliphatic rings. The Morgan fingerprint density at radius 3 is 2.92 bits per heavy atom. The van der Waals surface area contributed by atoms with Gasteiger partial charge in [-0.15, -0.1) is 21.5 Å². The van der Waals surface area contributed by atoms with Crippen LogP contribution in [0.15, 0.2) is 29.6 Å². The zero-order chi connectivity index (χ0) is 16.9. The van der Waals surface area contributed by atoms with Crippen molar-refractivity contribution in [3.8, 4) is 10.6 Å². The van der Waals surface area contributed by atoms with E-state index in [0.29, 0.717) is 15.8 Å². The number of hydrogen-bond acceptors (Lipinski definition) is 6. The van der Waals surface area contributed by atoms with Gasteiger partial charge in [0, 0.05) is 17.4 Å². The lowest BCUT2D eigenvalue weighted by atomic mass is 10.2. The van der Waals surface area contributed by atoms with E-state index in [4.69, 9.17) is 11.6 Å². The van der Waals surface area contributed by atoms with Crippen LogP contribution in [0.25, 0.3) is 10.6 Å². The lowest BCUT2D eigenvalue weighted by Gasteiger charge is -1.99. The highest BCUT2D eigenvalue weighted by Crippen LogP contribution is 2.30. The van der Waals surface area contributed by atoms with Gasteiger partial charge in [-0.1, -0.05) is 48.1 Å². The number of nitrogens with one attached hydrogen (secondary N) is 1. The Bertz CT molecular complexity index is 846. The van der Waals surface area contributed by atoms with E-state index in [0.717, 1.165) is 28.4 Å². The average molecular weight is 379 g/mol. The lowest BCUT2D eigenvalue weighted by molar-refractivity contribution is -0.115. The predicted molar refractivity (Wildman–Crippen MR) is 98.8 cm³/mol. The van der Waals surface area contributed by atoms with Crippen LogP contribution < -0.4 is 5.32 Å². The molecule has 1 aromatic carbocycles. The lowest BCUT2D eigenvalue weighted by Crippen LogP contribution is -2.14. The molecule has 0 saturated heterocycles. The summed E-state index contributed by atoms with van der Waals surface area (Å²) < 4.78 is 0. The van der Waals surface area contributed by atoms with E-state index < -0.39 is 0 Å². The van der Waals surface area contributed by atoms with Crippen molar-refractivity contribution in [3.63, 3.8) is 0 Å². The maximum absolute atomic E-state index is 12.1. The molecular weight excluding hydrogens is 364 g/mol. The van der Waals surface area contributed by atoms with Crippen LogP contribution >= 0.6 is 34.3 Å². The zero-order valence-electron chi connectivity index (χ0n) is 13.0. The van der Waals surface area contributed by atoms with Crippen LogP contribution in [0.2, 0.25) is 5.02 Å². The van der Waals surface area contributed by atoms with Crippen LogP contribution in [0.3, 0.4) is 0 Å². The van der Waals surface area contributed by atoms with Crippen LogP contribution in [0.1, 0.15) is 24.0 Å². The number of thiazole rings is 1. The number of aromatic nitrogens is 3. The first-order chi connectivity index (χ1) is 11.7. The topological polar surface area (TPSA) is 67.8 Å². The third-order valence-electron chi connectivity index (χ3n) is 3.17. The Kier molecular flexibility index (Phi) is 5.55. The van der Waals surface area contributed by atoms with Crippen LogP contribution in [-0.2, 0) is 17.6 Å². The Balaban J connectivity index is 1.64. The van der Waals surface area contributed by atoms with Gasteiger partial charge in [-0.3, -0.25) is 4.79 Å². The molecule has 0 unspecified atom stereocenters. The van der Waals surface area contributed by atoms with Crippen molar-refractivity contribution in [1.29, 1.82) is 0 Å². The summed E-state index contributed by atoms with van der Waals surface area (Å²) in [6.07, 6.45) is 2.08. The van der Waals surface area contributed by atoms with E-state index in [2.05, 4.69) is 27.4 Å². The van der Waals surface area contributed by atoms with E-state index in [1.54, 1.807) is 0 Å². The highest BCUT2D eigenvalue weighted by Gasteiger charge is 2.12. The number of carbonyl (C=O) groups excluding carboxylic acids is 1. The fourth-order valence-corrected chi connectivity index (χ4v) is 4.09. The van der Waals surface area contributed by atoms with Gasteiger partial charge in [0.25, 0.3) is 0 Å². The number of carbonyl (C=O) groups is 1. The highest BCUT2D eigenvalue weighted by molar-refractivity contribution is 7.15. The first-order valence-corrected chi connectivity index (χ1v) is 9.54. The van der Waals surface area contributed by atoms with Crippen molar-refractivity contribution in [2.75, 3.05) is 5.32 Å². The Labute approximate surface area is 152 Å². The highest BCUT2D eigenvalue weighted by atomic mass is 35.5. The molecule has 0 aliphatic heterocycles. The summed E-state index contributed by atoms with van der Waals surface area (Å²) in [4.78, 5) is 16.6. The average Bonchev–Trinajstić information content (AvgIpc) is 3.18. The van der Waals surface area contributed by atoms with E-state index in [9.17, 15) is 4.79 Å². The van der Waals surface area contributed by atoms with Crippen molar-refractivity contribution >= 4 is 45.3 Å². The fraction of sp³-hybridized carbons (Fsp3) is 0.250. The number of benzene rings is 1. The number of hydrogen-bond donors (Lipinski definition) is 1. The van der Waals surface area contributed by atoms with Crippen LogP contribution in [0, 0.1) is 0 Å². The number of nitrogens with zero attached hydrogens (tertiary/aromatic N) is 3. The Morgan fingerprint density at radius 2 is 2.12 bits per heavy atom. The van der Waals surface area contributed by atoms with Crippen LogP contribution in [0.4, 0.5) is 5.13 Å². The molecule has 1 amide bonds. The fourth-order valence-electron chi connectivity index (χ4n) is 2.09. The summed E-state index contributed by atoms with van der Waals surface area (Å²) in [5.74, 6) is -0.148. The van der Waals surface area contributed by atoms with Gasteiger partial charge in [-0.2, -0.15) is 0 Å². The molecule has 0 radical (unpaired) electrons. The van der Waals surface area contributed by atoms with E-state index >= 15 is 0 Å². The van der Waals surface area contributed by atoms with Gasteiger partial charge in [0.15, 0.2) is 0 Å². The second-order valence-electron chi connectivity index (χ2n) is 5.10. The van der Waals surface area contributed by atoms with Crippen LogP contribution in [0.5, 0.6) is 0 Å². The Morgan fingerprint density at radius 1 is 1.29 bits per heavy atom. The summed E-state index contributed by atoms with van der Waals surface area (Å²) in [7, 11) is 0. The molecule has 8 heteroatoms. The van der Waals surface area contributed by atoms with Gasteiger partial charge >= 0.3 is 0 Å². The first-order valence-electron chi connectivity index (χ1n) is 7.47. The van der Waals surface area contributed by atoms with E-state index in [1.807, 2.05) is 29.6 Å². The van der Waals surface area contributed by atoms with Gasteiger partial charge in [0.05, 0.1) is 17.1 Å². The number of amides is 1. The largest absolute Gasteiger partial charge is 0.300 e. The quantitative estimate of drug-likeness (QED) is 0.688. The van der Waals surface area contributed by atoms with E-state index in [-0.39, 0.29) is 12.3 Å². The summed E-state index contributed by atoms with van der Waals surface area (Å²) in [6.45, 7) is 2.08. The molecule has 0 saturated carbocycles. The summed E-state index contributed by atoms with van der Waals surface area (Å²) in [6, 6.07) is 7.54. The molecule has 0 atom stereocenters. The maximum Gasteiger partial charge on any atom is 0.232 e. The molecular formula is C16H15ClN4OS2. The van der Waals surface area contributed by atoms with Gasteiger partial charge in [0.2, 0.25) is 11.0 Å². The number of halogens is 1. The summed E-state index contributed by atoms with van der Waals surface area (Å²) in [5.41, 5.74) is 1.59. The van der Waals surface area contributed by atoms with Crippen molar-refractivity contribution in [2.45, 2.75) is 26.2 Å². The van der Waals surface area contributed by atoms with Crippen molar-refractivity contribution in [2.24, 2.45) is 0 Å². The maximum atomic E-state index is 12.1. The SMILES string of the molecule is CCCc1nnc(NC(=O)Cc2csc(-c3ccccc3Cl)n2)s1. The second-order valence-corrected chi connectivity index (χ2v) is 7.43. The number of anilines is 1. The third-order valence-corrected chi connectivity index (χ3v) is 5.33. The summed E-state index contributed by atoms with van der Waals surface area (Å²) >= 11 is 9.07. The third kappa shape index (κ3) is 4.17. The van der Waals surface area contributed by atoms with Crippen molar-refractivity contribution < 1.29 is 4.79 Å². The number of rotatable bonds is 6. The minimum Gasteiger partial charge on any atom is -0.300 e. The van der Waals surface area contributed by atoms with Crippen molar-refractivity contribution in [3.05, 3.63) is 45.4 Å². The molecule has 1 N–H and O–H groups in total. The molecule has 24 heavy (non-hydrogen) atoms. The van der Waals surface area contributed by atoms with E-state index in [1.165, 1.54) is 22.7 Å². The second kappa shape index (κ2) is 7.83. The van der Waals surface area contributed by atoms with Crippen molar-refractivity contribution in [1.82, 2.24) is 15.2 Å². The van der Waals surface area contributed by atoms with Gasteiger partial charge in [-0.05, 0) is 12.5 Å².